The molecule has 0 spiro atoms. The van der Waals surface area contributed by atoms with Crippen LogP contribution in [0.25, 0.3) is 0 Å². The summed E-state index contributed by atoms with van der Waals surface area (Å²) < 4.78 is 0. The third-order valence-corrected chi connectivity index (χ3v) is 4.89. The van der Waals surface area contributed by atoms with E-state index in [2.05, 4.69) is 25.2 Å². The van der Waals surface area contributed by atoms with Crippen LogP contribution in [0.3, 0.4) is 0 Å². The number of nitrogens with two attached hydrogens (primary N) is 1. The first kappa shape index (κ1) is 15.4. The lowest BCUT2D eigenvalue weighted by Crippen LogP contribution is -2.29. The van der Waals surface area contributed by atoms with Gasteiger partial charge >= 0.3 is 0 Å². The Labute approximate surface area is 125 Å². The molecule has 1 aromatic carbocycles. The molecule has 1 fully saturated rings. The van der Waals surface area contributed by atoms with Gasteiger partial charge < -0.3 is 11.1 Å². The number of para-hydroxylation sites is 1. The van der Waals surface area contributed by atoms with Crippen molar-refractivity contribution in [2.75, 3.05) is 11.9 Å². The molecule has 0 unspecified atom stereocenters. The predicted octanol–water partition coefficient (Wildman–Crippen LogP) is 3.50. The molecule has 1 aliphatic carbocycles. The Balaban J connectivity index is 2.07. The normalized spacial score (nSPS) is 22.2. The van der Waals surface area contributed by atoms with Crippen LogP contribution in [-0.4, -0.2) is 17.7 Å². The van der Waals surface area contributed by atoms with Gasteiger partial charge in [-0.2, -0.15) is 0 Å². The van der Waals surface area contributed by atoms with E-state index in [1.165, 1.54) is 0 Å². The van der Waals surface area contributed by atoms with Crippen LogP contribution in [0.1, 0.15) is 33.1 Å². The average Bonchev–Trinajstić information content (AvgIpc) is 2.88. The fourth-order valence-electron chi connectivity index (χ4n) is 2.82. The van der Waals surface area contributed by atoms with Crippen molar-refractivity contribution in [1.29, 1.82) is 0 Å². The van der Waals surface area contributed by atoms with Crippen LogP contribution >= 0.6 is 11.8 Å². The van der Waals surface area contributed by atoms with E-state index >= 15 is 0 Å². The van der Waals surface area contributed by atoms with E-state index in [1.807, 2.05) is 18.2 Å². The number of rotatable bonds is 5. The summed E-state index contributed by atoms with van der Waals surface area (Å²) >= 11 is 1.78. The second-order valence-corrected chi connectivity index (χ2v) is 7.30. The summed E-state index contributed by atoms with van der Waals surface area (Å²) in [6, 6.07) is 8.03. The van der Waals surface area contributed by atoms with Gasteiger partial charge in [0.2, 0.25) is 5.91 Å². The molecule has 0 bridgehead atoms. The minimum atomic E-state index is 0.0807. The lowest BCUT2D eigenvalue weighted by Gasteiger charge is -2.19. The van der Waals surface area contributed by atoms with Crippen LogP contribution in [0, 0.1) is 11.8 Å². The molecular weight excluding hydrogens is 268 g/mol. The average molecular weight is 292 g/mol. The van der Waals surface area contributed by atoms with Crippen molar-refractivity contribution in [2.24, 2.45) is 17.6 Å². The van der Waals surface area contributed by atoms with Gasteiger partial charge in [-0.3, -0.25) is 4.79 Å². The number of benzene rings is 1. The Morgan fingerprint density at radius 1 is 1.40 bits per heavy atom. The van der Waals surface area contributed by atoms with Gasteiger partial charge in [-0.15, -0.1) is 11.8 Å². The number of thioether (sulfide) groups is 1. The zero-order valence-electron chi connectivity index (χ0n) is 12.3. The number of hydrogen-bond acceptors (Lipinski definition) is 3. The van der Waals surface area contributed by atoms with Gasteiger partial charge in [0, 0.05) is 16.1 Å². The lowest BCUT2D eigenvalue weighted by molar-refractivity contribution is -0.120. The van der Waals surface area contributed by atoms with E-state index in [0.29, 0.717) is 17.7 Å². The molecule has 0 aromatic heterocycles. The van der Waals surface area contributed by atoms with E-state index in [1.54, 1.807) is 11.8 Å². The first-order valence-electron chi connectivity index (χ1n) is 7.38. The molecule has 1 aliphatic rings. The third kappa shape index (κ3) is 3.76. The molecule has 3 nitrogen and oxygen atoms in total. The van der Waals surface area contributed by atoms with Gasteiger partial charge in [-0.1, -0.05) is 32.4 Å². The molecule has 0 saturated heterocycles. The molecule has 2 rings (SSSR count). The van der Waals surface area contributed by atoms with Crippen LogP contribution in [0.15, 0.2) is 29.2 Å². The van der Waals surface area contributed by atoms with Gasteiger partial charge in [0.1, 0.15) is 0 Å². The minimum absolute atomic E-state index is 0.0807. The summed E-state index contributed by atoms with van der Waals surface area (Å²) in [5, 5.41) is 3.60. The molecule has 20 heavy (non-hydrogen) atoms. The van der Waals surface area contributed by atoms with E-state index in [4.69, 9.17) is 5.73 Å². The van der Waals surface area contributed by atoms with Crippen molar-refractivity contribution in [2.45, 2.75) is 43.3 Å². The topological polar surface area (TPSA) is 55.1 Å². The first-order chi connectivity index (χ1) is 9.61. The Hall–Kier alpha value is -1.00. The number of hydrogen-bond donors (Lipinski definition) is 2. The lowest BCUT2D eigenvalue weighted by atomic mass is 9.95. The standard InChI is InChI=1S/C16H24N2OS/c1-11(2)20-15-9-4-3-8-14(15)18-16(19)13-7-5-6-12(13)10-17/h3-4,8-9,11-13H,5-7,10,17H2,1-2H3,(H,18,19)/t12-,13-/m1/s1. The molecule has 0 heterocycles. The Morgan fingerprint density at radius 3 is 2.85 bits per heavy atom. The summed E-state index contributed by atoms with van der Waals surface area (Å²) in [6.45, 7) is 4.93. The van der Waals surface area contributed by atoms with Crippen molar-refractivity contribution < 1.29 is 4.79 Å². The maximum atomic E-state index is 12.4. The number of carbonyl (C=O) groups excluding carboxylic acids is 1. The highest BCUT2D eigenvalue weighted by Crippen LogP contribution is 2.34. The summed E-state index contributed by atoms with van der Waals surface area (Å²) in [5.41, 5.74) is 6.70. The van der Waals surface area contributed by atoms with Crippen molar-refractivity contribution in [3.8, 4) is 0 Å². The summed E-state index contributed by atoms with van der Waals surface area (Å²) in [4.78, 5) is 13.6. The molecule has 2 atom stereocenters. The van der Waals surface area contributed by atoms with Crippen molar-refractivity contribution in [3.05, 3.63) is 24.3 Å². The highest BCUT2D eigenvalue weighted by molar-refractivity contribution is 8.00. The van der Waals surface area contributed by atoms with Gasteiger partial charge in [-0.05, 0) is 37.4 Å². The Morgan fingerprint density at radius 2 is 2.15 bits per heavy atom. The van der Waals surface area contributed by atoms with Crippen molar-refractivity contribution in [3.63, 3.8) is 0 Å². The Kier molecular flexibility index (Phi) is 5.49. The zero-order valence-corrected chi connectivity index (χ0v) is 13.1. The number of carbonyl (C=O) groups is 1. The monoisotopic (exact) mass is 292 g/mol. The molecule has 4 heteroatoms. The second kappa shape index (κ2) is 7.14. The largest absolute Gasteiger partial charge is 0.330 e. The SMILES string of the molecule is CC(C)Sc1ccccc1NC(=O)[C@@H]1CCC[C@@H]1CN. The predicted molar refractivity (Wildman–Crippen MR) is 86.0 cm³/mol. The third-order valence-electron chi connectivity index (χ3n) is 3.81. The molecule has 1 amide bonds. The van der Waals surface area contributed by atoms with E-state index in [-0.39, 0.29) is 11.8 Å². The summed E-state index contributed by atoms with van der Waals surface area (Å²) in [5.74, 6) is 0.562. The zero-order chi connectivity index (χ0) is 14.5. The van der Waals surface area contributed by atoms with Crippen molar-refractivity contribution >= 4 is 23.4 Å². The maximum absolute atomic E-state index is 12.4. The quantitative estimate of drug-likeness (QED) is 0.817. The minimum Gasteiger partial charge on any atom is -0.330 e. The molecule has 110 valence electrons. The molecule has 1 aromatic rings. The highest BCUT2D eigenvalue weighted by atomic mass is 32.2. The van der Waals surface area contributed by atoms with Crippen LogP contribution in [0.5, 0.6) is 0 Å². The van der Waals surface area contributed by atoms with Gasteiger partial charge in [-0.25, -0.2) is 0 Å². The molecule has 0 radical (unpaired) electrons. The van der Waals surface area contributed by atoms with Crippen LogP contribution < -0.4 is 11.1 Å². The fraction of sp³-hybridized carbons (Fsp3) is 0.562. The van der Waals surface area contributed by atoms with Crippen LogP contribution in [0.4, 0.5) is 5.69 Å². The smallest absolute Gasteiger partial charge is 0.227 e. The van der Waals surface area contributed by atoms with E-state index in [0.717, 1.165) is 29.8 Å². The van der Waals surface area contributed by atoms with Crippen molar-refractivity contribution in [1.82, 2.24) is 0 Å². The van der Waals surface area contributed by atoms with Crippen LogP contribution in [-0.2, 0) is 4.79 Å². The number of anilines is 1. The Bertz CT molecular complexity index is 462. The van der Waals surface area contributed by atoms with E-state index in [9.17, 15) is 4.79 Å². The fourth-order valence-corrected chi connectivity index (χ4v) is 3.73. The molecule has 3 N–H and O–H groups in total. The summed E-state index contributed by atoms with van der Waals surface area (Å²) in [7, 11) is 0. The maximum Gasteiger partial charge on any atom is 0.227 e. The first-order valence-corrected chi connectivity index (χ1v) is 8.26. The highest BCUT2D eigenvalue weighted by Gasteiger charge is 2.32. The molecule has 1 saturated carbocycles. The van der Waals surface area contributed by atoms with Gasteiger partial charge in [0.25, 0.3) is 0 Å². The number of nitrogens with one attached hydrogen (secondary N) is 1. The van der Waals surface area contributed by atoms with E-state index < -0.39 is 0 Å². The molecular formula is C16H24N2OS. The van der Waals surface area contributed by atoms with Crippen LogP contribution in [0.2, 0.25) is 0 Å². The number of amides is 1. The van der Waals surface area contributed by atoms with Gasteiger partial charge in [0.15, 0.2) is 0 Å². The summed E-state index contributed by atoms with van der Waals surface area (Å²) in [6.07, 6.45) is 3.16. The second-order valence-electron chi connectivity index (χ2n) is 5.69. The van der Waals surface area contributed by atoms with Gasteiger partial charge in [0.05, 0.1) is 5.69 Å². The molecule has 0 aliphatic heterocycles.